The molecule has 0 bridgehead atoms. The third-order valence-electron chi connectivity index (χ3n) is 4.19. The van der Waals surface area contributed by atoms with Gasteiger partial charge in [0.05, 0.1) is 6.42 Å². The van der Waals surface area contributed by atoms with Crippen molar-refractivity contribution in [3.63, 3.8) is 0 Å². The third kappa shape index (κ3) is 2.63. The molecule has 1 saturated carbocycles. The van der Waals surface area contributed by atoms with Gasteiger partial charge in [0.1, 0.15) is 5.78 Å². The lowest BCUT2D eigenvalue weighted by molar-refractivity contribution is -0.147. The maximum absolute atomic E-state index is 11.9. The van der Waals surface area contributed by atoms with Gasteiger partial charge >= 0.3 is 5.97 Å². The summed E-state index contributed by atoms with van der Waals surface area (Å²) < 4.78 is 0. The second kappa shape index (κ2) is 5.46. The summed E-state index contributed by atoms with van der Waals surface area (Å²) in [5.41, 5.74) is -0.605. The van der Waals surface area contributed by atoms with E-state index < -0.39 is 11.4 Å². The summed E-state index contributed by atoms with van der Waals surface area (Å²) in [5.74, 6) is -0.508. The number of carboxylic acids is 1. The van der Waals surface area contributed by atoms with Crippen LogP contribution in [0.25, 0.3) is 0 Å². The van der Waals surface area contributed by atoms with Gasteiger partial charge in [0.2, 0.25) is 0 Å². The largest absolute Gasteiger partial charge is 0.481 e. The van der Waals surface area contributed by atoms with Crippen molar-refractivity contribution in [2.45, 2.75) is 58.8 Å². The van der Waals surface area contributed by atoms with Crippen molar-refractivity contribution in [3.8, 4) is 0 Å². The molecule has 0 spiro atoms. The van der Waals surface area contributed by atoms with Crippen LogP contribution in [-0.4, -0.2) is 16.9 Å². The Morgan fingerprint density at radius 3 is 2.19 bits per heavy atom. The fourth-order valence-electron chi connectivity index (χ4n) is 3.14. The molecule has 0 aromatic rings. The standard InChI is InChI=1S/C13H22O3/c1-3-13(10(2)14,9-12(15)16)11-7-5-4-6-8-11/h11H,3-9H2,1-2H3,(H,15,16). The van der Waals surface area contributed by atoms with Gasteiger partial charge in [-0.25, -0.2) is 0 Å². The number of hydrogen-bond donors (Lipinski definition) is 1. The summed E-state index contributed by atoms with van der Waals surface area (Å²) in [6.45, 7) is 3.50. The number of carboxylic acid groups (broad SMARTS) is 1. The molecule has 0 amide bonds. The molecule has 0 radical (unpaired) electrons. The molecule has 1 N–H and O–H groups in total. The highest BCUT2D eigenvalue weighted by Gasteiger charge is 2.43. The normalized spacial score (nSPS) is 21.4. The maximum atomic E-state index is 11.9. The first-order chi connectivity index (χ1) is 7.53. The fraction of sp³-hybridized carbons (Fsp3) is 0.846. The summed E-state index contributed by atoms with van der Waals surface area (Å²) in [6, 6.07) is 0. The molecule has 1 rings (SSSR count). The summed E-state index contributed by atoms with van der Waals surface area (Å²) in [6.07, 6.45) is 6.18. The molecule has 1 fully saturated rings. The van der Waals surface area contributed by atoms with Crippen molar-refractivity contribution in [2.24, 2.45) is 11.3 Å². The summed E-state index contributed by atoms with van der Waals surface area (Å²) in [4.78, 5) is 22.8. The molecule has 3 nitrogen and oxygen atoms in total. The number of carbonyl (C=O) groups excluding carboxylic acids is 1. The zero-order chi connectivity index (χ0) is 12.2. The minimum Gasteiger partial charge on any atom is -0.481 e. The van der Waals surface area contributed by atoms with E-state index in [9.17, 15) is 9.59 Å². The van der Waals surface area contributed by atoms with Crippen LogP contribution in [0, 0.1) is 11.3 Å². The highest BCUT2D eigenvalue weighted by molar-refractivity contribution is 5.87. The maximum Gasteiger partial charge on any atom is 0.304 e. The van der Waals surface area contributed by atoms with E-state index in [1.165, 1.54) is 6.42 Å². The Morgan fingerprint density at radius 2 is 1.81 bits per heavy atom. The Bertz CT molecular complexity index is 266. The molecule has 0 aromatic heterocycles. The van der Waals surface area contributed by atoms with E-state index in [1.807, 2.05) is 6.92 Å². The van der Waals surface area contributed by atoms with Crippen LogP contribution >= 0.6 is 0 Å². The first kappa shape index (κ1) is 13.2. The predicted molar refractivity (Wildman–Crippen MR) is 62.2 cm³/mol. The number of ketones is 1. The lowest BCUT2D eigenvalue weighted by atomic mass is 9.63. The number of rotatable bonds is 5. The van der Waals surface area contributed by atoms with Crippen molar-refractivity contribution in [3.05, 3.63) is 0 Å². The lowest BCUT2D eigenvalue weighted by Crippen LogP contribution is -2.40. The Hall–Kier alpha value is -0.860. The van der Waals surface area contributed by atoms with Gasteiger partial charge in [0.15, 0.2) is 0 Å². The number of Topliss-reactive ketones (excluding diaryl/α,β-unsaturated/α-hetero) is 1. The fourth-order valence-corrected chi connectivity index (χ4v) is 3.14. The molecule has 0 aromatic carbocycles. The van der Waals surface area contributed by atoms with Gasteiger partial charge in [-0.3, -0.25) is 9.59 Å². The van der Waals surface area contributed by atoms with Gasteiger partial charge in [-0.05, 0) is 32.1 Å². The van der Waals surface area contributed by atoms with Gasteiger partial charge in [-0.2, -0.15) is 0 Å². The number of aliphatic carboxylic acids is 1. The van der Waals surface area contributed by atoms with E-state index in [0.29, 0.717) is 6.42 Å². The molecule has 3 heteroatoms. The molecule has 0 saturated heterocycles. The molecule has 92 valence electrons. The highest BCUT2D eigenvalue weighted by Crippen LogP contribution is 2.44. The zero-order valence-corrected chi connectivity index (χ0v) is 10.3. The van der Waals surface area contributed by atoms with E-state index in [2.05, 4.69) is 0 Å². The van der Waals surface area contributed by atoms with Crippen LogP contribution in [0.15, 0.2) is 0 Å². The van der Waals surface area contributed by atoms with Gasteiger partial charge in [-0.1, -0.05) is 26.2 Å². The van der Waals surface area contributed by atoms with Crippen LogP contribution < -0.4 is 0 Å². The molecular weight excluding hydrogens is 204 g/mol. The smallest absolute Gasteiger partial charge is 0.304 e. The molecule has 1 unspecified atom stereocenters. The van der Waals surface area contributed by atoms with Gasteiger partial charge < -0.3 is 5.11 Å². The van der Waals surface area contributed by atoms with E-state index >= 15 is 0 Å². The van der Waals surface area contributed by atoms with Crippen LogP contribution in [0.4, 0.5) is 0 Å². The number of carbonyl (C=O) groups is 2. The van der Waals surface area contributed by atoms with Crippen molar-refractivity contribution in [1.82, 2.24) is 0 Å². The van der Waals surface area contributed by atoms with E-state index in [-0.39, 0.29) is 18.1 Å². The van der Waals surface area contributed by atoms with Crippen LogP contribution in [-0.2, 0) is 9.59 Å². The highest BCUT2D eigenvalue weighted by atomic mass is 16.4. The second-order valence-electron chi connectivity index (χ2n) is 4.97. The van der Waals surface area contributed by atoms with Crippen LogP contribution in [0.2, 0.25) is 0 Å². The van der Waals surface area contributed by atoms with Crippen LogP contribution in [0.3, 0.4) is 0 Å². The molecule has 0 aliphatic heterocycles. The quantitative estimate of drug-likeness (QED) is 0.784. The van der Waals surface area contributed by atoms with E-state index in [4.69, 9.17) is 5.11 Å². The summed E-state index contributed by atoms with van der Waals surface area (Å²) in [5, 5.41) is 9.01. The Balaban J connectivity index is 2.90. The molecule has 16 heavy (non-hydrogen) atoms. The molecule has 0 heterocycles. The van der Waals surface area contributed by atoms with Gasteiger partial charge in [0, 0.05) is 5.41 Å². The van der Waals surface area contributed by atoms with Crippen molar-refractivity contribution < 1.29 is 14.7 Å². The summed E-state index contributed by atoms with van der Waals surface area (Å²) in [7, 11) is 0. The average Bonchev–Trinajstić information content (AvgIpc) is 2.26. The lowest BCUT2D eigenvalue weighted by Gasteiger charge is -2.39. The molecule has 1 atom stereocenters. The first-order valence-electron chi connectivity index (χ1n) is 6.25. The Labute approximate surface area is 97.2 Å². The SMILES string of the molecule is CCC(CC(=O)O)(C(C)=O)C1CCCCC1. The van der Waals surface area contributed by atoms with E-state index in [1.54, 1.807) is 6.92 Å². The number of hydrogen-bond acceptors (Lipinski definition) is 2. The Kier molecular flexibility index (Phi) is 4.51. The monoisotopic (exact) mass is 226 g/mol. The predicted octanol–water partition coefficient (Wildman–Crippen LogP) is 3.03. The van der Waals surface area contributed by atoms with Crippen molar-refractivity contribution >= 4 is 11.8 Å². The minimum absolute atomic E-state index is 0.00347. The topological polar surface area (TPSA) is 54.4 Å². The van der Waals surface area contributed by atoms with Crippen LogP contribution in [0.5, 0.6) is 0 Å². The first-order valence-corrected chi connectivity index (χ1v) is 6.25. The third-order valence-corrected chi connectivity index (χ3v) is 4.19. The van der Waals surface area contributed by atoms with E-state index in [0.717, 1.165) is 25.7 Å². The van der Waals surface area contributed by atoms with Crippen molar-refractivity contribution in [2.75, 3.05) is 0 Å². The van der Waals surface area contributed by atoms with Crippen molar-refractivity contribution in [1.29, 1.82) is 0 Å². The second-order valence-corrected chi connectivity index (χ2v) is 4.97. The average molecular weight is 226 g/mol. The van der Waals surface area contributed by atoms with Crippen LogP contribution in [0.1, 0.15) is 58.8 Å². The molecular formula is C13H22O3. The molecule has 1 aliphatic rings. The van der Waals surface area contributed by atoms with Gasteiger partial charge in [-0.15, -0.1) is 0 Å². The zero-order valence-electron chi connectivity index (χ0n) is 10.3. The molecule has 1 aliphatic carbocycles. The summed E-state index contributed by atoms with van der Waals surface area (Å²) >= 11 is 0. The van der Waals surface area contributed by atoms with Gasteiger partial charge in [0.25, 0.3) is 0 Å². The minimum atomic E-state index is -0.845. The Morgan fingerprint density at radius 1 is 1.25 bits per heavy atom.